The molecule has 4 aromatic carbocycles. The van der Waals surface area contributed by atoms with Gasteiger partial charge >= 0.3 is 0 Å². The summed E-state index contributed by atoms with van der Waals surface area (Å²) in [5.74, 6) is 0. The summed E-state index contributed by atoms with van der Waals surface area (Å²) in [6, 6.07) is 34.5. The summed E-state index contributed by atoms with van der Waals surface area (Å²) in [5, 5.41) is 3.75. The van der Waals surface area contributed by atoms with Gasteiger partial charge in [0.25, 0.3) is 0 Å². The first-order valence-corrected chi connectivity index (χ1v) is 11.3. The van der Waals surface area contributed by atoms with Crippen molar-refractivity contribution < 1.29 is 0 Å². The first-order valence-electron chi connectivity index (χ1n) is 11.3. The Morgan fingerprint density at radius 1 is 0.706 bits per heavy atom. The zero-order chi connectivity index (χ0) is 22.9. The molecular formula is C31H23N3. The highest BCUT2D eigenvalue weighted by atomic mass is 15.0. The predicted octanol–water partition coefficient (Wildman–Crippen LogP) is 7.96. The third-order valence-electron chi connectivity index (χ3n) is 6.22. The second-order valence-corrected chi connectivity index (χ2v) is 8.21. The molecule has 2 heterocycles. The van der Waals surface area contributed by atoms with E-state index in [-0.39, 0.29) is 0 Å². The van der Waals surface area contributed by atoms with Crippen molar-refractivity contribution in [2.75, 3.05) is 0 Å². The van der Waals surface area contributed by atoms with Gasteiger partial charge in [0, 0.05) is 46.1 Å². The van der Waals surface area contributed by atoms with E-state index in [1.54, 1.807) is 18.5 Å². The van der Waals surface area contributed by atoms with Crippen LogP contribution in [0.2, 0.25) is 0 Å². The van der Waals surface area contributed by atoms with E-state index in [9.17, 15) is 0 Å². The molecule has 0 fully saturated rings. The number of rotatable bonds is 5. The van der Waals surface area contributed by atoms with E-state index in [2.05, 4.69) is 124 Å². The summed E-state index contributed by atoms with van der Waals surface area (Å²) >= 11 is 0. The number of hydrogen-bond acceptors (Lipinski definition) is 1. The van der Waals surface area contributed by atoms with Crippen molar-refractivity contribution in [2.45, 2.75) is 0 Å². The molecule has 0 atom stereocenters. The number of benzene rings is 4. The Morgan fingerprint density at radius 2 is 1.50 bits per heavy atom. The van der Waals surface area contributed by atoms with Gasteiger partial charge in [-0.05, 0) is 54.1 Å². The lowest BCUT2D eigenvalue weighted by Crippen LogP contribution is -1.94. The van der Waals surface area contributed by atoms with Crippen LogP contribution < -0.4 is 0 Å². The summed E-state index contributed by atoms with van der Waals surface area (Å²) in [5.41, 5.74) is 7.05. The zero-order valence-corrected chi connectivity index (χ0v) is 18.7. The van der Waals surface area contributed by atoms with Crippen LogP contribution in [-0.4, -0.2) is 15.3 Å². The van der Waals surface area contributed by atoms with Crippen LogP contribution in [0.3, 0.4) is 0 Å². The van der Waals surface area contributed by atoms with E-state index in [1.807, 2.05) is 6.08 Å². The molecule has 3 nitrogen and oxygen atoms in total. The normalized spacial score (nSPS) is 12.0. The minimum absolute atomic E-state index is 1.10. The van der Waals surface area contributed by atoms with E-state index in [0.717, 1.165) is 11.3 Å². The number of aromatic nitrogens is 2. The molecule has 0 aliphatic carbocycles. The quantitative estimate of drug-likeness (QED) is 0.244. The van der Waals surface area contributed by atoms with Crippen molar-refractivity contribution in [1.29, 1.82) is 0 Å². The van der Waals surface area contributed by atoms with E-state index in [1.165, 1.54) is 38.4 Å². The van der Waals surface area contributed by atoms with E-state index in [4.69, 9.17) is 0 Å². The van der Waals surface area contributed by atoms with Gasteiger partial charge in [0.2, 0.25) is 0 Å². The lowest BCUT2D eigenvalue weighted by atomic mass is 10.1. The lowest BCUT2D eigenvalue weighted by molar-refractivity contribution is 1.13. The van der Waals surface area contributed by atoms with Gasteiger partial charge in [0.05, 0.1) is 16.6 Å². The van der Waals surface area contributed by atoms with Crippen LogP contribution in [0.25, 0.3) is 50.2 Å². The highest BCUT2D eigenvalue weighted by molar-refractivity contribution is 6.20. The molecule has 0 amide bonds. The van der Waals surface area contributed by atoms with Crippen molar-refractivity contribution in [1.82, 2.24) is 9.13 Å². The molecule has 0 aliphatic heterocycles. The summed E-state index contributed by atoms with van der Waals surface area (Å²) < 4.78 is 4.65. The Morgan fingerprint density at radius 3 is 2.32 bits per heavy atom. The zero-order valence-electron chi connectivity index (χ0n) is 18.7. The highest BCUT2D eigenvalue weighted by Crippen LogP contribution is 2.38. The topological polar surface area (TPSA) is 22.2 Å². The molecule has 6 aromatic rings. The first kappa shape index (κ1) is 20.0. The number of para-hydroxylation sites is 2. The molecule has 0 spiro atoms. The van der Waals surface area contributed by atoms with Crippen molar-refractivity contribution in [2.24, 2.45) is 4.99 Å². The minimum Gasteiger partial charge on any atom is -0.316 e. The number of hydrogen-bond donors (Lipinski definition) is 0. The Balaban J connectivity index is 1.58. The van der Waals surface area contributed by atoms with Crippen LogP contribution >= 0.6 is 0 Å². The number of fused-ring (bicyclic) bond motifs is 5. The van der Waals surface area contributed by atoms with Crippen LogP contribution in [0.1, 0.15) is 5.56 Å². The minimum atomic E-state index is 1.10. The van der Waals surface area contributed by atoms with Crippen LogP contribution in [0.15, 0.2) is 127 Å². The highest BCUT2D eigenvalue weighted by Gasteiger charge is 2.17. The molecule has 3 heteroatoms. The monoisotopic (exact) mass is 437 g/mol. The molecule has 0 bridgehead atoms. The van der Waals surface area contributed by atoms with Crippen molar-refractivity contribution in [3.05, 3.63) is 128 Å². The molecule has 162 valence electrons. The summed E-state index contributed by atoms with van der Waals surface area (Å²) in [4.78, 5) is 4.16. The molecule has 0 saturated heterocycles. The first-order chi connectivity index (χ1) is 16.8. The van der Waals surface area contributed by atoms with Gasteiger partial charge in [0.1, 0.15) is 0 Å². The van der Waals surface area contributed by atoms with Crippen molar-refractivity contribution >= 4 is 45.0 Å². The number of aliphatic imine (C=N–C) groups is 1. The molecule has 0 unspecified atom stereocenters. The standard InChI is InChI=1S/C31H23N3/c1-2-20-32-21-18-23-12-15-25(16-13-23)33-22-19-24-14-17-29-30(31(24)33)27-10-6-7-11-28(27)34(29)26-8-4-3-5-9-26/h2-22H,1H2/b21-18+,32-20?. The number of nitrogens with zero attached hydrogens (tertiary/aromatic N) is 3. The molecule has 0 radical (unpaired) electrons. The van der Waals surface area contributed by atoms with Gasteiger partial charge in [-0.1, -0.05) is 67.3 Å². The molecule has 0 aliphatic rings. The lowest BCUT2D eigenvalue weighted by Gasteiger charge is -2.09. The smallest absolute Gasteiger partial charge is 0.0628 e. The van der Waals surface area contributed by atoms with Crippen molar-refractivity contribution in [3.63, 3.8) is 0 Å². The Kier molecular flexibility index (Phi) is 4.93. The molecule has 0 N–H and O–H groups in total. The average molecular weight is 438 g/mol. The molecule has 34 heavy (non-hydrogen) atoms. The second kappa shape index (κ2) is 8.38. The third kappa shape index (κ3) is 3.26. The molecule has 2 aromatic heterocycles. The van der Waals surface area contributed by atoms with Crippen LogP contribution in [0, 0.1) is 0 Å². The fraction of sp³-hybridized carbons (Fsp3) is 0. The van der Waals surface area contributed by atoms with Gasteiger partial charge in [0.15, 0.2) is 0 Å². The average Bonchev–Trinajstić information content (AvgIpc) is 3.47. The Bertz CT molecular complexity index is 1690. The Labute approximate surface area is 198 Å². The maximum absolute atomic E-state index is 4.16. The fourth-order valence-corrected chi connectivity index (χ4v) is 4.74. The fourth-order valence-electron chi connectivity index (χ4n) is 4.74. The largest absolute Gasteiger partial charge is 0.316 e. The molecular weight excluding hydrogens is 414 g/mol. The van der Waals surface area contributed by atoms with E-state index in [0.29, 0.717) is 0 Å². The van der Waals surface area contributed by atoms with Gasteiger partial charge in [-0.3, -0.25) is 4.99 Å². The summed E-state index contributed by atoms with van der Waals surface area (Å²) in [6.07, 6.45) is 9.28. The predicted molar refractivity (Wildman–Crippen MR) is 145 cm³/mol. The van der Waals surface area contributed by atoms with Gasteiger partial charge < -0.3 is 9.13 Å². The molecule has 0 saturated carbocycles. The van der Waals surface area contributed by atoms with Crippen LogP contribution in [0.4, 0.5) is 0 Å². The summed E-state index contributed by atoms with van der Waals surface area (Å²) in [6.45, 7) is 3.64. The number of allylic oxidation sites excluding steroid dienone is 1. The van der Waals surface area contributed by atoms with Crippen LogP contribution in [-0.2, 0) is 0 Å². The molecule has 6 rings (SSSR count). The van der Waals surface area contributed by atoms with E-state index >= 15 is 0 Å². The van der Waals surface area contributed by atoms with E-state index < -0.39 is 0 Å². The van der Waals surface area contributed by atoms with Crippen molar-refractivity contribution in [3.8, 4) is 11.4 Å². The third-order valence-corrected chi connectivity index (χ3v) is 6.22. The van der Waals surface area contributed by atoms with Crippen LogP contribution in [0.5, 0.6) is 0 Å². The SMILES string of the molecule is C=CC=N/C=C/c1ccc(-n2ccc3ccc4c(c5ccccc5n4-c4ccccc4)c32)cc1. The summed E-state index contributed by atoms with van der Waals surface area (Å²) in [7, 11) is 0. The van der Waals surface area contributed by atoms with Gasteiger partial charge in [-0.2, -0.15) is 0 Å². The van der Waals surface area contributed by atoms with Gasteiger partial charge in [-0.15, -0.1) is 0 Å². The maximum Gasteiger partial charge on any atom is 0.0628 e. The van der Waals surface area contributed by atoms with Gasteiger partial charge in [-0.25, -0.2) is 0 Å². The maximum atomic E-state index is 4.16. The Hall–Kier alpha value is -4.63. The second-order valence-electron chi connectivity index (χ2n) is 8.21.